The van der Waals surface area contributed by atoms with Gasteiger partial charge in [-0.25, -0.2) is 4.98 Å². The van der Waals surface area contributed by atoms with E-state index in [0.29, 0.717) is 18.7 Å². The molecule has 0 bridgehead atoms. The largest absolute Gasteiger partial charge is 0.480 e. The fourth-order valence-electron chi connectivity index (χ4n) is 2.20. The van der Waals surface area contributed by atoms with Crippen LogP contribution in [0.1, 0.15) is 24.2 Å². The normalized spacial score (nSPS) is 16.5. The summed E-state index contributed by atoms with van der Waals surface area (Å²) in [5.74, 6) is -0.209. The van der Waals surface area contributed by atoms with Gasteiger partial charge in [0.05, 0.1) is 11.9 Å². The van der Waals surface area contributed by atoms with Crippen LogP contribution in [-0.4, -0.2) is 21.0 Å². The second-order valence-corrected chi connectivity index (χ2v) is 4.90. The molecule has 4 nitrogen and oxygen atoms in total. The predicted octanol–water partition coefficient (Wildman–Crippen LogP) is 2.50. The second kappa shape index (κ2) is 3.70. The topological polar surface area (TPSA) is 66.0 Å². The molecule has 0 radical (unpaired) electrons. The maximum absolute atomic E-state index is 11.2. The highest BCUT2D eigenvalue weighted by Crippen LogP contribution is 2.47. The highest BCUT2D eigenvalue weighted by Gasteiger charge is 2.54. The van der Waals surface area contributed by atoms with Gasteiger partial charge in [0.15, 0.2) is 0 Å². The van der Waals surface area contributed by atoms with Crippen LogP contribution in [0.3, 0.4) is 0 Å². The third-order valence-electron chi connectivity index (χ3n) is 3.52. The maximum Gasteiger partial charge on any atom is 0.317 e. The molecule has 1 aliphatic carbocycles. The molecule has 1 heterocycles. The highest BCUT2D eigenvalue weighted by atomic mass is 16.4. The molecule has 1 aromatic carbocycles. The summed E-state index contributed by atoms with van der Waals surface area (Å²) in [6, 6.07) is 8.05. The van der Waals surface area contributed by atoms with E-state index in [1.165, 1.54) is 5.56 Å². The summed E-state index contributed by atoms with van der Waals surface area (Å²) < 4.78 is 0. The first-order chi connectivity index (χ1) is 8.62. The molecule has 92 valence electrons. The van der Waals surface area contributed by atoms with Crippen LogP contribution in [0.4, 0.5) is 0 Å². The molecule has 0 amide bonds. The van der Waals surface area contributed by atoms with Gasteiger partial charge in [-0.05, 0) is 31.4 Å². The number of hydrogen-bond donors (Lipinski definition) is 2. The van der Waals surface area contributed by atoms with Crippen LogP contribution in [0.25, 0.3) is 11.3 Å². The van der Waals surface area contributed by atoms with Gasteiger partial charge in [0.25, 0.3) is 0 Å². The van der Waals surface area contributed by atoms with Gasteiger partial charge in [0, 0.05) is 0 Å². The van der Waals surface area contributed by atoms with Crippen molar-refractivity contribution in [3.8, 4) is 11.3 Å². The van der Waals surface area contributed by atoms with E-state index < -0.39 is 11.4 Å². The summed E-state index contributed by atoms with van der Waals surface area (Å²) in [4.78, 5) is 18.6. The number of aryl methyl sites for hydroxylation is 1. The third kappa shape index (κ3) is 1.61. The third-order valence-corrected chi connectivity index (χ3v) is 3.52. The van der Waals surface area contributed by atoms with Gasteiger partial charge in [-0.2, -0.15) is 0 Å². The number of nitrogens with zero attached hydrogens (tertiary/aromatic N) is 1. The van der Waals surface area contributed by atoms with E-state index in [4.69, 9.17) is 0 Å². The molecule has 1 saturated carbocycles. The van der Waals surface area contributed by atoms with Crippen LogP contribution in [0, 0.1) is 6.92 Å². The van der Waals surface area contributed by atoms with Crippen molar-refractivity contribution < 1.29 is 9.90 Å². The van der Waals surface area contributed by atoms with E-state index in [2.05, 4.69) is 16.0 Å². The van der Waals surface area contributed by atoms with Crippen LogP contribution >= 0.6 is 0 Å². The van der Waals surface area contributed by atoms with Crippen molar-refractivity contribution in [1.82, 2.24) is 9.97 Å². The molecule has 0 saturated heterocycles. The number of hydrogen-bond acceptors (Lipinski definition) is 2. The van der Waals surface area contributed by atoms with E-state index in [1.807, 2.05) is 25.1 Å². The summed E-state index contributed by atoms with van der Waals surface area (Å²) >= 11 is 0. The summed E-state index contributed by atoms with van der Waals surface area (Å²) in [5, 5.41) is 9.22. The van der Waals surface area contributed by atoms with Crippen molar-refractivity contribution in [3.05, 3.63) is 41.9 Å². The number of imidazole rings is 1. The van der Waals surface area contributed by atoms with E-state index >= 15 is 0 Å². The van der Waals surface area contributed by atoms with Crippen molar-refractivity contribution in [2.45, 2.75) is 25.2 Å². The minimum absolute atomic E-state index is 0.575. The molecule has 18 heavy (non-hydrogen) atoms. The lowest BCUT2D eigenvalue weighted by molar-refractivity contribution is -0.140. The Labute approximate surface area is 105 Å². The summed E-state index contributed by atoms with van der Waals surface area (Å²) in [7, 11) is 0. The molecule has 1 aromatic heterocycles. The van der Waals surface area contributed by atoms with E-state index in [9.17, 15) is 9.90 Å². The summed E-state index contributed by atoms with van der Waals surface area (Å²) in [5.41, 5.74) is 2.32. The van der Waals surface area contributed by atoms with E-state index in [1.54, 1.807) is 6.20 Å². The van der Waals surface area contributed by atoms with Crippen LogP contribution in [0.5, 0.6) is 0 Å². The van der Waals surface area contributed by atoms with Gasteiger partial charge in [0.2, 0.25) is 0 Å². The molecule has 2 N–H and O–H groups in total. The smallest absolute Gasteiger partial charge is 0.317 e. The molecule has 0 unspecified atom stereocenters. The van der Waals surface area contributed by atoms with Crippen LogP contribution in [0.15, 0.2) is 30.5 Å². The zero-order chi connectivity index (χ0) is 12.8. The number of rotatable bonds is 3. The fourth-order valence-corrected chi connectivity index (χ4v) is 2.20. The van der Waals surface area contributed by atoms with Gasteiger partial charge in [-0.3, -0.25) is 4.79 Å². The van der Waals surface area contributed by atoms with Gasteiger partial charge < -0.3 is 10.1 Å². The first kappa shape index (κ1) is 11.0. The number of aromatic amines is 1. The molecular weight excluding hydrogens is 228 g/mol. The minimum atomic E-state index is -0.785. The summed E-state index contributed by atoms with van der Waals surface area (Å²) in [6.45, 7) is 2.03. The molecule has 4 heteroatoms. The maximum atomic E-state index is 11.2. The Kier molecular flexibility index (Phi) is 2.26. The lowest BCUT2D eigenvalue weighted by Crippen LogP contribution is -2.20. The summed E-state index contributed by atoms with van der Waals surface area (Å²) in [6.07, 6.45) is 3.05. The van der Waals surface area contributed by atoms with E-state index in [-0.39, 0.29) is 0 Å². The Balaban J connectivity index is 1.98. The van der Waals surface area contributed by atoms with Gasteiger partial charge in [-0.15, -0.1) is 0 Å². The van der Waals surface area contributed by atoms with Gasteiger partial charge in [0.1, 0.15) is 11.2 Å². The zero-order valence-corrected chi connectivity index (χ0v) is 10.1. The molecule has 0 spiro atoms. The number of carboxylic acid groups (broad SMARTS) is 1. The standard InChI is InChI=1S/C14H14N2O2/c1-9-3-2-4-10(7-9)11-8-15-12(16-11)14(5-6-14)13(17)18/h2-4,7-8H,5-6H2,1H3,(H,15,16)(H,17,18). The first-order valence-corrected chi connectivity index (χ1v) is 5.98. The van der Waals surface area contributed by atoms with Crippen LogP contribution < -0.4 is 0 Å². The molecule has 3 rings (SSSR count). The monoisotopic (exact) mass is 242 g/mol. The van der Waals surface area contributed by atoms with Crippen LogP contribution in [-0.2, 0) is 10.2 Å². The lowest BCUT2D eigenvalue weighted by atomic mass is 10.1. The first-order valence-electron chi connectivity index (χ1n) is 5.98. The number of carboxylic acids is 1. The van der Waals surface area contributed by atoms with Gasteiger partial charge in [-0.1, -0.05) is 23.8 Å². The number of aromatic nitrogens is 2. The fraction of sp³-hybridized carbons (Fsp3) is 0.286. The average molecular weight is 242 g/mol. The molecular formula is C14H14N2O2. The van der Waals surface area contributed by atoms with E-state index in [0.717, 1.165) is 11.3 Å². The molecule has 1 aliphatic rings. The van der Waals surface area contributed by atoms with Gasteiger partial charge >= 0.3 is 5.97 Å². The molecule has 0 aliphatic heterocycles. The van der Waals surface area contributed by atoms with Crippen molar-refractivity contribution in [1.29, 1.82) is 0 Å². The number of aliphatic carboxylic acids is 1. The Bertz CT molecular complexity index is 612. The second-order valence-electron chi connectivity index (χ2n) is 4.90. The minimum Gasteiger partial charge on any atom is -0.480 e. The quantitative estimate of drug-likeness (QED) is 0.869. The number of carbonyl (C=O) groups is 1. The zero-order valence-electron chi connectivity index (χ0n) is 10.1. The van der Waals surface area contributed by atoms with Crippen molar-refractivity contribution in [3.63, 3.8) is 0 Å². The van der Waals surface area contributed by atoms with Crippen molar-refractivity contribution in [2.75, 3.05) is 0 Å². The predicted molar refractivity (Wildman–Crippen MR) is 67.3 cm³/mol. The Morgan fingerprint density at radius 1 is 1.44 bits per heavy atom. The molecule has 2 aromatic rings. The number of H-pyrrole nitrogens is 1. The molecule has 1 fully saturated rings. The molecule has 0 atom stereocenters. The Morgan fingerprint density at radius 3 is 2.83 bits per heavy atom. The number of nitrogens with one attached hydrogen (secondary N) is 1. The average Bonchev–Trinajstić information content (AvgIpc) is 3.01. The van der Waals surface area contributed by atoms with Crippen molar-refractivity contribution >= 4 is 5.97 Å². The SMILES string of the molecule is Cc1cccc(-c2cnc(C3(C(=O)O)CC3)[nH]2)c1. The lowest BCUT2D eigenvalue weighted by Gasteiger charge is -2.05. The Morgan fingerprint density at radius 2 is 2.22 bits per heavy atom. The number of benzene rings is 1. The highest BCUT2D eigenvalue weighted by molar-refractivity contribution is 5.84. The van der Waals surface area contributed by atoms with Crippen molar-refractivity contribution in [2.24, 2.45) is 0 Å². The van der Waals surface area contributed by atoms with Crippen LogP contribution in [0.2, 0.25) is 0 Å². The Hall–Kier alpha value is -2.10.